The highest BCUT2D eigenvalue weighted by Gasteiger charge is 2.14. The van der Waals surface area contributed by atoms with Gasteiger partial charge < -0.3 is 5.32 Å². The molecule has 0 radical (unpaired) electrons. The van der Waals surface area contributed by atoms with Gasteiger partial charge in [-0.3, -0.25) is 4.79 Å². The van der Waals surface area contributed by atoms with Crippen LogP contribution in [0.5, 0.6) is 0 Å². The van der Waals surface area contributed by atoms with Crippen molar-refractivity contribution >= 4 is 61.7 Å². The first-order valence-corrected chi connectivity index (χ1v) is 7.44. The number of benzene rings is 2. The van der Waals surface area contributed by atoms with Crippen LogP contribution in [0, 0.1) is 9.39 Å². The smallest absolute Gasteiger partial charge is 0.258 e. The topological polar surface area (TPSA) is 29.1 Å². The Bertz CT molecular complexity index is 651. The van der Waals surface area contributed by atoms with Gasteiger partial charge in [0.15, 0.2) is 5.82 Å². The van der Waals surface area contributed by atoms with Crippen molar-refractivity contribution in [1.29, 1.82) is 0 Å². The molecule has 2 nitrogen and oxygen atoms in total. The van der Waals surface area contributed by atoms with E-state index in [0.717, 1.165) is 8.04 Å². The number of carbonyl (C=O) groups is 1. The lowest BCUT2D eigenvalue weighted by Gasteiger charge is -2.08. The number of anilines is 1. The molecule has 2 aromatic rings. The molecule has 0 saturated heterocycles. The maximum absolute atomic E-state index is 13.7. The van der Waals surface area contributed by atoms with Crippen LogP contribution in [0.2, 0.25) is 5.02 Å². The molecule has 2 rings (SSSR count). The second-order valence-corrected chi connectivity index (χ2v) is 6.11. The first-order chi connectivity index (χ1) is 8.99. The summed E-state index contributed by atoms with van der Waals surface area (Å²) in [5.74, 6) is -1.24. The number of hydrogen-bond donors (Lipinski definition) is 1. The SMILES string of the molecule is O=C(Nc1ccc(Br)c(I)c1)c1cccc(Cl)c1F. The average molecular weight is 454 g/mol. The minimum Gasteiger partial charge on any atom is -0.322 e. The van der Waals surface area contributed by atoms with Crippen molar-refractivity contribution in [3.63, 3.8) is 0 Å². The molecule has 6 heteroatoms. The molecule has 98 valence electrons. The zero-order valence-corrected chi connectivity index (χ0v) is 13.9. The minimum atomic E-state index is -0.714. The normalized spacial score (nSPS) is 10.3. The highest BCUT2D eigenvalue weighted by atomic mass is 127. The maximum atomic E-state index is 13.7. The second kappa shape index (κ2) is 6.19. The van der Waals surface area contributed by atoms with Crippen LogP contribution in [-0.2, 0) is 0 Å². The van der Waals surface area contributed by atoms with Crippen LogP contribution in [0.1, 0.15) is 10.4 Å². The van der Waals surface area contributed by atoms with Gasteiger partial charge >= 0.3 is 0 Å². The Morgan fingerprint density at radius 3 is 2.74 bits per heavy atom. The third-order valence-electron chi connectivity index (χ3n) is 2.37. The Morgan fingerprint density at radius 2 is 2.05 bits per heavy atom. The summed E-state index contributed by atoms with van der Waals surface area (Å²) in [6.07, 6.45) is 0. The summed E-state index contributed by atoms with van der Waals surface area (Å²) < 4.78 is 15.6. The molecule has 0 atom stereocenters. The Balaban J connectivity index is 2.26. The van der Waals surface area contributed by atoms with E-state index in [-0.39, 0.29) is 10.6 Å². The zero-order valence-electron chi connectivity index (χ0n) is 9.38. The quantitative estimate of drug-likeness (QED) is 0.629. The molecular weight excluding hydrogens is 447 g/mol. The minimum absolute atomic E-state index is 0.0713. The van der Waals surface area contributed by atoms with Gasteiger partial charge in [-0.25, -0.2) is 4.39 Å². The lowest BCUT2D eigenvalue weighted by molar-refractivity contribution is 0.102. The van der Waals surface area contributed by atoms with Crippen LogP contribution >= 0.6 is 50.1 Å². The van der Waals surface area contributed by atoms with Crippen molar-refractivity contribution in [2.75, 3.05) is 5.32 Å². The predicted octanol–water partition coefficient (Wildman–Crippen LogP) is 5.10. The van der Waals surface area contributed by atoms with Gasteiger partial charge in [0.05, 0.1) is 10.6 Å². The van der Waals surface area contributed by atoms with Crippen molar-refractivity contribution in [3.05, 3.63) is 60.8 Å². The third kappa shape index (κ3) is 3.46. The third-order valence-corrected chi connectivity index (χ3v) is 4.99. The molecule has 1 amide bonds. The maximum Gasteiger partial charge on any atom is 0.258 e. The zero-order chi connectivity index (χ0) is 14.0. The van der Waals surface area contributed by atoms with Crippen molar-refractivity contribution in [3.8, 4) is 0 Å². The van der Waals surface area contributed by atoms with E-state index < -0.39 is 11.7 Å². The van der Waals surface area contributed by atoms with Gasteiger partial charge in [0.2, 0.25) is 0 Å². The summed E-state index contributed by atoms with van der Waals surface area (Å²) in [6, 6.07) is 9.64. The standard InChI is InChI=1S/C13H7BrClFINO/c14-9-5-4-7(6-11(9)17)18-13(19)8-2-1-3-10(15)12(8)16/h1-6H,(H,18,19). The van der Waals surface area contributed by atoms with Gasteiger partial charge in [0.25, 0.3) is 5.91 Å². The number of amides is 1. The summed E-state index contributed by atoms with van der Waals surface area (Å²) in [5, 5.41) is 2.56. The lowest BCUT2D eigenvalue weighted by Crippen LogP contribution is -2.14. The highest BCUT2D eigenvalue weighted by Crippen LogP contribution is 2.24. The fourth-order valence-electron chi connectivity index (χ4n) is 1.45. The summed E-state index contributed by atoms with van der Waals surface area (Å²) in [4.78, 5) is 12.0. The molecule has 0 aliphatic heterocycles. The van der Waals surface area contributed by atoms with E-state index in [4.69, 9.17) is 11.6 Å². The molecule has 1 N–H and O–H groups in total. The Morgan fingerprint density at radius 1 is 1.32 bits per heavy atom. The highest BCUT2D eigenvalue weighted by molar-refractivity contribution is 14.1. The van der Waals surface area contributed by atoms with Crippen molar-refractivity contribution < 1.29 is 9.18 Å². The summed E-state index contributed by atoms with van der Waals surface area (Å²) >= 11 is 11.1. The van der Waals surface area contributed by atoms with Crippen molar-refractivity contribution in [1.82, 2.24) is 0 Å². The molecule has 0 unspecified atom stereocenters. The summed E-state index contributed by atoms with van der Waals surface area (Å²) in [7, 11) is 0. The van der Waals surface area contributed by atoms with E-state index in [1.54, 1.807) is 12.1 Å². The number of halogens is 4. The molecular formula is C13H7BrClFINO. The van der Waals surface area contributed by atoms with Crippen LogP contribution in [0.15, 0.2) is 40.9 Å². The monoisotopic (exact) mass is 453 g/mol. The average Bonchev–Trinajstić information content (AvgIpc) is 2.37. The number of carbonyl (C=O) groups excluding carboxylic acids is 1. The lowest BCUT2D eigenvalue weighted by atomic mass is 10.2. The molecule has 0 bridgehead atoms. The molecule has 2 aromatic carbocycles. The molecule has 0 aliphatic carbocycles. The molecule has 0 spiro atoms. The number of nitrogens with one attached hydrogen (secondary N) is 1. The largest absolute Gasteiger partial charge is 0.322 e. The van der Waals surface area contributed by atoms with Crippen molar-refractivity contribution in [2.24, 2.45) is 0 Å². The van der Waals surface area contributed by atoms with Gasteiger partial charge in [-0.05, 0) is 68.9 Å². The fourth-order valence-corrected chi connectivity index (χ4v) is 2.39. The Kier molecular flexibility index (Phi) is 4.81. The summed E-state index contributed by atoms with van der Waals surface area (Å²) in [6.45, 7) is 0. The molecule has 0 aromatic heterocycles. The van der Waals surface area contributed by atoms with Crippen molar-refractivity contribution in [2.45, 2.75) is 0 Å². The van der Waals surface area contributed by atoms with E-state index in [9.17, 15) is 9.18 Å². The van der Waals surface area contributed by atoms with Gasteiger partial charge in [0.1, 0.15) is 0 Å². The number of hydrogen-bond acceptors (Lipinski definition) is 1. The Hall–Kier alpha value is -0.660. The van der Waals surface area contributed by atoms with E-state index in [2.05, 4.69) is 43.8 Å². The van der Waals surface area contributed by atoms with E-state index in [1.165, 1.54) is 18.2 Å². The Labute approximate surface area is 136 Å². The van der Waals surface area contributed by atoms with Crippen LogP contribution in [0.25, 0.3) is 0 Å². The molecule has 19 heavy (non-hydrogen) atoms. The van der Waals surface area contributed by atoms with E-state index in [1.807, 2.05) is 6.07 Å². The van der Waals surface area contributed by atoms with Crippen LogP contribution in [-0.4, -0.2) is 5.91 Å². The number of rotatable bonds is 2. The van der Waals surface area contributed by atoms with Crippen LogP contribution in [0.3, 0.4) is 0 Å². The molecule has 0 aliphatic rings. The van der Waals surface area contributed by atoms with Crippen LogP contribution in [0.4, 0.5) is 10.1 Å². The predicted molar refractivity (Wildman–Crippen MR) is 86.2 cm³/mol. The van der Waals surface area contributed by atoms with Crippen LogP contribution < -0.4 is 5.32 Å². The molecule has 0 fully saturated rings. The second-order valence-electron chi connectivity index (χ2n) is 3.68. The fraction of sp³-hybridized carbons (Fsp3) is 0. The first-order valence-electron chi connectivity index (χ1n) is 5.19. The van der Waals surface area contributed by atoms with Gasteiger partial charge in [-0.15, -0.1) is 0 Å². The van der Waals surface area contributed by atoms with E-state index >= 15 is 0 Å². The molecule has 0 saturated carbocycles. The van der Waals surface area contributed by atoms with Gasteiger partial charge in [-0.1, -0.05) is 17.7 Å². The first kappa shape index (κ1) is 14.7. The molecule has 0 heterocycles. The van der Waals surface area contributed by atoms with Gasteiger partial charge in [0, 0.05) is 13.7 Å². The summed E-state index contributed by atoms with van der Waals surface area (Å²) in [5.41, 5.74) is 0.516. The van der Waals surface area contributed by atoms with Gasteiger partial charge in [-0.2, -0.15) is 0 Å². The van der Waals surface area contributed by atoms with E-state index in [0.29, 0.717) is 5.69 Å².